The maximum atomic E-state index is 11.0. The van der Waals surface area contributed by atoms with Gasteiger partial charge in [-0.05, 0) is 37.1 Å². The third-order valence-electron chi connectivity index (χ3n) is 2.98. The summed E-state index contributed by atoms with van der Waals surface area (Å²) in [5.41, 5.74) is 0.189. The van der Waals surface area contributed by atoms with Crippen LogP contribution in [0, 0.1) is 17.0 Å². The van der Waals surface area contributed by atoms with Gasteiger partial charge in [-0.3, -0.25) is 10.1 Å². The monoisotopic (exact) mass is 302 g/mol. The number of nitrogens with zero attached hydrogens (tertiary/aromatic N) is 3. The van der Waals surface area contributed by atoms with Crippen molar-refractivity contribution in [2.45, 2.75) is 31.4 Å². The second-order valence-corrected chi connectivity index (χ2v) is 6.15. The Morgan fingerprint density at radius 1 is 1.53 bits per heavy atom. The van der Waals surface area contributed by atoms with Crippen LogP contribution < -0.4 is 5.32 Å². The summed E-state index contributed by atoms with van der Waals surface area (Å²) in [5, 5.41) is 14.6. The van der Waals surface area contributed by atoms with Gasteiger partial charge in [-0.2, -0.15) is 16.7 Å². The lowest BCUT2D eigenvalue weighted by Gasteiger charge is -2.21. The summed E-state index contributed by atoms with van der Waals surface area (Å²) < 4.78 is 0. The van der Waals surface area contributed by atoms with Crippen LogP contribution in [0.5, 0.6) is 0 Å². The second kappa shape index (κ2) is 6.38. The molecule has 1 fully saturated rings. The Bertz CT molecular complexity index is 480. The number of thioether (sulfide) groups is 1. The van der Waals surface area contributed by atoms with Gasteiger partial charge in [0.25, 0.3) is 0 Å². The number of aromatic nitrogens is 2. The van der Waals surface area contributed by atoms with Crippen LogP contribution in [0.4, 0.5) is 11.5 Å². The number of anilines is 1. The molecule has 1 aliphatic rings. The first kappa shape index (κ1) is 14.3. The summed E-state index contributed by atoms with van der Waals surface area (Å²) in [4.78, 5) is 18.3. The topological polar surface area (TPSA) is 81.0 Å². The molecule has 0 aromatic carbocycles. The Morgan fingerprint density at radius 3 is 2.95 bits per heavy atom. The van der Waals surface area contributed by atoms with E-state index in [1.54, 1.807) is 6.92 Å². The van der Waals surface area contributed by atoms with E-state index in [-0.39, 0.29) is 22.5 Å². The predicted molar refractivity (Wildman–Crippen MR) is 77.0 cm³/mol. The molecule has 1 aromatic heterocycles. The minimum Gasteiger partial charge on any atom is -0.363 e. The summed E-state index contributed by atoms with van der Waals surface area (Å²) in [6, 6.07) is 0. The molecule has 1 saturated heterocycles. The van der Waals surface area contributed by atoms with E-state index >= 15 is 0 Å². The number of hydrogen-bond acceptors (Lipinski definition) is 6. The molecule has 0 amide bonds. The molecule has 2 rings (SSSR count). The summed E-state index contributed by atoms with van der Waals surface area (Å²) in [5.74, 6) is 1.37. The maximum Gasteiger partial charge on any atom is 0.332 e. The zero-order valence-electron chi connectivity index (χ0n) is 10.6. The molecule has 0 saturated carbocycles. The maximum absolute atomic E-state index is 11.0. The second-order valence-electron chi connectivity index (χ2n) is 4.40. The Kier molecular flexibility index (Phi) is 4.81. The van der Waals surface area contributed by atoms with E-state index in [1.807, 2.05) is 11.8 Å². The lowest BCUT2D eigenvalue weighted by molar-refractivity contribution is -0.385. The molecule has 104 valence electrons. The van der Waals surface area contributed by atoms with Crippen LogP contribution in [0.15, 0.2) is 0 Å². The molecule has 1 aromatic rings. The van der Waals surface area contributed by atoms with Crippen LogP contribution >= 0.6 is 23.4 Å². The lowest BCUT2D eigenvalue weighted by atomic mass is 10.2. The van der Waals surface area contributed by atoms with Crippen molar-refractivity contribution in [3.05, 3.63) is 21.1 Å². The summed E-state index contributed by atoms with van der Waals surface area (Å²) in [6.45, 7) is 2.23. The predicted octanol–water partition coefficient (Wildman–Crippen LogP) is 3.04. The van der Waals surface area contributed by atoms with E-state index in [1.165, 1.54) is 12.8 Å². The van der Waals surface area contributed by atoms with Gasteiger partial charge >= 0.3 is 5.69 Å². The van der Waals surface area contributed by atoms with Crippen LogP contribution in [0.3, 0.4) is 0 Å². The van der Waals surface area contributed by atoms with Gasteiger partial charge in [0.2, 0.25) is 11.1 Å². The number of rotatable bonds is 4. The number of halogens is 1. The van der Waals surface area contributed by atoms with Gasteiger partial charge in [0.05, 0.1) is 4.92 Å². The zero-order chi connectivity index (χ0) is 13.8. The third-order valence-corrected chi connectivity index (χ3v) is 4.55. The number of aryl methyl sites for hydroxylation is 1. The molecule has 1 N–H and O–H groups in total. The van der Waals surface area contributed by atoms with Gasteiger partial charge < -0.3 is 5.32 Å². The van der Waals surface area contributed by atoms with Crippen molar-refractivity contribution < 1.29 is 4.92 Å². The Hall–Kier alpha value is -1.08. The molecule has 1 aliphatic heterocycles. The minimum atomic E-state index is -0.470. The molecule has 2 heterocycles. The fourth-order valence-corrected chi connectivity index (χ4v) is 3.50. The number of nitro groups is 1. The first-order valence-electron chi connectivity index (χ1n) is 6.12. The highest BCUT2D eigenvalue weighted by Crippen LogP contribution is 2.29. The fourth-order valence-electron chi connectivity index (χ4n) is 2.05. The van der Waals surface area contributed by atoms with Gasteiger partial charge in [-0.1, -0.05) is 6.42 Å². The Morgan fingerprint density at radius 2 is 2.32 bits per heavy atom. The average molecular weight is 303 g/mol. The smallest absolute Gasteiger partial charge is 0.332 e. The number of nitrogens with one attached hydrogen (secondary N) is 1. The first-order valence-corrected chi connectivity index (χ1v) is 7.54. The SMILES string of the molecule is Cc1nc(Cl)nc(NCC2CCCCS2)c1[N+](=O)[O-]. The lowest BCUT2D eigenvalue weighted by Crippen LogP contribution is -2.21. The van der Waals surface area contributed by atoms with Crippen LogP contribution in [-0.2, 0) is 0 Å². The first-order chi connectivity index (χ1) is 9.08. The van der Waals surface area contributed by atoms with Crippen LogP contribution in [0.25, 0.3) is 0 Å². The fraction of sp³-hybridized carbons (Fsp3) is 0.636. The standard InChI is InChI=1S/C11H15ClN4O2S/c1-7-9(16(17)18)10(15-11(12)14-7)13-6-8-4-2-3-5-19-8/h8H,2-6H2,1H3,(H,13,14,15). The van der Waals surface area contributed by atoms with Crippen molar-refractivity contribution in [3.63, 3.8) is 0 Å². The van der Waals surface area contributed by atoms with E-state index < -0.39 is 4.92 Å². The largest absolute Gasteiger partial charge is 0.363 e. The van der Waals surface area contributed by atoms with Crippen molar-refractivity contribution in [1.29, 1.82) is 0 Å². The molecule has 0 spiro atoms. The van der Waals surface area contributed by atoms with Gasteiger partial charge in [0, 0.05) is 11.8 Å². The molecule has 0 bridgehead atoms. The van der Waals surface area contributed by atoms with Crippen LogP contribution in [0.1, 0.15) is 25.0 Å². The van der Waals surface area contributed by atoms with Crippen molar-refractivity contribution >= 4 is 34.9 Å². The Labute approximate surface area is 120 Å². The highest BCUT2D eigenvalue weighted by Gasteiger charge is 2.23. The van der Waals surface area contributed by atoms with Crippen molar-refractivity contribution in [3.8, 4) is 0 Å². The molecule has 0 radical (unpaired) electrons. The minimum absolute atomic E-state index is 0.0295. The molecular weight excluding hydrogens is 288 g/mol. The van der Waals surface area contributed by atoms with Crippen molar-refractivity contribution in [2.75, 3.05) is 17.6 Å². The molecule has 1 atom stereocenters. The molecular formula is C11H15ClN4O2S. The van der Waals surface area contributed by atoms with Gasteiger partial charge in [0.1, 0.15) is 5.69 Å². The number of hydrogen-bond donors (Lipinski definition) is 1. The summed E-state index contributed by atoms with van der Waals surface area (Å²) in [7, 11) is 0. The average Bonchev–Trinajstić information content (AvgIpc) is 2.36. The van der Waals surface area contributed by atoms with E-state index in [2.05, 4.69) is 15.3 Å². The van der Waals surface area contributed by atoms with E-state index in [0.717, 1.165) is 12.2 Å². The third kappa shape index (κ3) is 3.70. The van der Waals surface area contributed by atoms with E-state index in [0.29, 0.717) is 11.8 Å². The normalized spacial score (nSPS) is 19.2. The highest BCUT2D eigenvalue weighted by molar-refractivity contribution is 7.99. The Balaban J connectivity index is 2.12. The summed E-state index contributed by atoms with van der Waals surface area (Å²) in [6.07, 6.45) is 3.59. The van der Waals surface area contributed by atoms with Crippen molar-refractivity contribution in [1.82, 2.24) is 9.97 Å². The van der Waals surface area contributed by atoms with Crippen LogP contribution in [0.2, 0.25) is 5.28 Å². The van der Waals surface area contributed by atoms with Crippen molar-refractivity contribution in [2.24, 2.45) is 0 Å². The van der Waals surface area contributed by atoms with Gasteiger partial charge in [-0.15, -0.1) is 0 Å². The van der Waals surface area contributed by atoms with Gasteiger partial charge in [0.15, 0.2) is 0 Å². The quantitative estimate of drug-likeness (QED) is 0.523. The van der Waals surface area contributed by atoms with E-state index in [4.69, 9.17) is 11.6 Å². The molecule has 6 nitrogen and oxygen atoms in total. The van der Waals surface area contributed by atoms with E-state index in [9.17, 15) is 10.1 Å². The molecule has 8 heteroatoms. The summed E-state index contributed by atoms with van der Waals surface area (Å²) >= 11 is 7.65. The zero-order valence-corrected chi connectivity index (χ0v) is 12.1. The molecule has 1 unspecified atom stereocenters. The molecule has 19 heavy (non-hydrogen) atoms. The van der Waals surface area contributed by atoms with Gasteiger partial charge in [-0.25, -0.2) is 4.98 Å². The molecule has 0 aliphatic carbocycles. The highest BCUT2D eigenvalue weighted by atomic mass is 35.5. The van der Waals surface area contributed by atoms with Crippen LogP contribution in [-0.4, -0.2) is 32.4 Å².